The van der Waals surface area contributed by atoms with Crippen LogP contribution in [0.5, 0.6) is 0 Å². The minimum Gasteiger partial charge on any atom is -0.354 e. The smallest absolute Gasteiger partial charge is 0.243 e. The number of carbonyl (C=O) groups excluding carboxylic acids is 4. The van der Waals surface area contributed by atoms with Gasteiger partial charge in [0.25, 0.3) is 0 Å². The van der Waals surface area contributed by atoms with Crippen molar-refractivity contribution in [1.29, 1.82) is 0 Å². The monoisotopic (exact) mass is 591 g/mol. The third-order valence-corrected chi connectivity index (χ3v) is 7.45. The van der Waals surface area contributed by atoms with Crippen LogP contribution in [0, 0.1) is 11.8 Å². The molecule has 0 spiro atoms. The van der Waals surface area contributed by atoms with E-state index in [1.54, 1.807) is 11.8 Å². The van der Waals surface area contributed by atoms with Crippen molar-refractivity contribution in [3.05, 3.63) is 35.9 Å². The molecule has 1 aromatic carbocycles. The Kier molecular flexibility index (Phi) is 18.3. The first-order chi connectivity index (χ1) is 19.5. The normalized spacial score (nSPS) is 14.3. The average molecular weight is 592 g/mol. The van der Waals surface area contributed by atoms with Crippen LogP contribution < -0.4 is 27.0 Å². The first-order valence-electron chi connectivity index (χ1n) is 14.9. The summed E-state index contributed by atoms with van der Waals surface area (Å²) in [7, 11) is 0. The zero-order valence-electron chi connectivity index (χ0n) is 25.8. The van der Waals surface area contributed by atoms with Crippen LogP contribution in [0.2, 0.25) is 0 Å². The SMILES string of the molecule is CCNC(CCSC)C(=O)NC(CC(C)C)C(=O)NC(Cc1ccccc1)C(=O)NCCCCC(N)C(=O)C(C)C. The number of hydrogen-bond donors (Lipinski definition) is 5. The number of rotatable bonds is 21. The summed E-state index contributed by atoms with van der Waals surface area (Å²) in [5.41, 5.74) is 6.90. The summed E-state index contributed by atoms with van der Waals surface area (Å²) in [6.07, 6.45) is 5.38. The van der Waals surface area contributed by atoms with Crippen molar-refractivity contribution in [3.8, 4) is 0 Å². The summed E-state index contributed by atoms with van der Waals surface area (Å²) >= 11 is 1.67. The molecule has 0 saturated heterocycles. The number of nitrogens with two attached hydrogens (primary N) is 1. The fraction of sp³-hybridized carbons (Fsp3) is 0.677. The Balaban J connectivity index is 2.90. The van der Waals surface area contributed by atoms with Crippen LogP contribution in [0.15, 0.2) is 30.3 Å². The van der Waals surface area contributed by atoms with Crippen molar-refractivity contribution in [1.82, 2.24) is 21.3 Å². The van der Waals surface area contributed by atoms with E-state index in [4.69, 9.17) is 5.73 Å². The highest BCUT2D eigenvalue weighted by atomic mass is 32.2. The average Bonchev–Trinajstić information content (AvgIpc) is 2.93. The van der Waals surface area contributed by atoms with Crippen molar-refractivity contribution in [2.45, 2.75) is 97.3 Å². The first kappa shape index (κ1) is 36.6. The molecule has 6 N–H and O–H groups in total. The lowest BCUT2D eigenvalue weighted by molar-refractivity contribution is -0.133. The summed E-state index contributed by atoms with van der Waals surface area (Å²) in [6.45, 7) is 10.7. The number of unbranched alkanes of at least 4 members (excludes halogenated alkanes) is 1. The number of Topliss-reactive ketones (excluding diaryl/α,β-unsaturated/α-hetero) is 1. The molecule has 1 rings (SSSR count). The van der Waals surface area contributed by atoms with Crippen molar-refractivity contribution in [3.63, 3.8) is 0 Å². The highest BCUT2D eigenvalue weighted by Gasteiger charge is 2.29. The van der Waals surface area contributed by atoms with E-state index in [1.165, 1.54) is 0 Å². The number of thioether (sulfide) groups is 1. The maximum atomic E-state index is 13.5. The highest BCUT2D eigenvalue weighted by molar-refractivity contribution is 7.98. The van der Waals surface area contributed by atoms with Gasteiger partial charge in [0.2, 0.25) is 17.7 Å². The van der Waals surface area contributed by atoms with Gasteiger partial charge < -0.3 is 27.0 Å². The van der Waals surface area contributed by atoms with Gasteiger partial charge in [0.05, 0.1) is 12.1 Å². The molecule has 0 aliphatic heterocycles. The van der Waals surface area contributed by atoms with E-state index in [2.05, 4.69) is 21.3 Å². The number of carbonyl (C=O) groups is 4. The molecule has 1 aromatic rings. The fourth-order valence-corrected chi connectivity index (χ4v) is 4.98. The Bertz CT molecular complexity index is 928. The molecule has 0 saturated carbocycles. The Morgan fingerprint density at radius 2 is 1.49 bits per heavy atom. The van der Waals surface area contributed by atoms with Crippen LogP contribution in [0.25, 0.3) is 0 Å². The Hall–Kier alpha value is -2.43. The summed E-state index contributed by atoms with van der Waals surface area (Å²) < 4.78 is 0. The molecule has 0 aliphatic carbocycles. The van der Waals surface area contributed by atoms with Gasteiger partial charge in [0.15, 0.2) is 5.78 Å². The highest BCUT2D eigenvalue weighted by Crippen LogP contribution is 2.10. The summed E-state index contributed by atoms with van der Waals surface area (Å²) in [4.78, 5) is 51.9. The Morgan fingerprint density at radius 1 is 0.854 bits per heavy atom. The standard InChI is InChI=1S/C31H53N5O4S/c1-7-33-25(16-18-41-6)30(39)35-26(19-21(2)3)31(40)36-27(20-23-13-9-8-10-14-23)29(38)34-17-12-11-15-24(32)28(37)22(4)5/h8-10,13-14,21-22,24-27,33H,7,11-12,15-20,32H2,1-6H3,(H,34,38)(H,35,39)(H,36,40). The molecule has 4 unspecified atom stereocenters. The number of hydrogen-bond acceptors (Lipinski definition) is 7. The molecular formula is C31H53N5O4S. The van der Waals surface area contributed by atoms with Crippen LogP contribution in [-0.4, -0.2) is 72.8 Å². The predicted octanol–water partition coefficient (Wildman–Crippen LogP) is 2.81. The van der Waals surface area contributed by atoms with E-state index in [0.717, 1.165) is 11.3 Å². The molecule has 0 radical (unpaired) electrons. The second-order valence-corrected chi connectivity index (χ2v) is 12.3. The fourth-order valence-electron chi connectivity index (χ4n) is 4.51. The number of benzene rings is 1. The number of amides is 3. The number of nitrogens with one attached hydrogen (secondary N) is 4. The van der Waals surface area contributed by atoms with E-state index < -0.39 is 18.1 Å². The first-order valence-corrected chi connectivity index (χ1v) is 16.3. The van der Waals surface area contributed by atoms with E-state index in [1.807, 2.05) is 71.2 Å². The van der Waals surface area contributed by atoms with Crippen molar-refractivity contribution >= 4 is 35.3 Å². The molecule has 0 fully saturated rings. The van der Waals surface area contributed by atoms with Gasteiger partial charge in [-0.25, -0.2) is 0 Å². The van der Waals surface area contributed by atoms with E-state index in [-0.39, 0.29) is 41.4 Å². The van der Waals surface area contributed by atoms with Gasteiger partial charge in [0.1, 0.15) is 12.1 Å². The van der Waals surface area contributed by atoms with Gasteiger partial charge in [-0.1, -0.05) is 65.0 Å². The van der Waals surface area contributed by atoms with Gasteiger partial charge in [-0.15, -0.1) is 0 Å². The van der Waals surface area contributed by atoms with Crippen LogP contribution in [-0.2, 0) is 25.6 Å². The number of ketones is 1. The van der Waals surface area contributed by atoms with E-state index in [9.17, 15) is 19.2 Å². The van der Waals surface area contributed by atoms with Gasteiger partial charge in [0, 0.05) is 18.9 Å². The molecule has 0 aromatic heterocycles. The third kappa shape index (κ3) is 14.9. The lowest BCUT2D eigenvalue weighted by atomic mass is 9.98. The minimum atomic E-state index is -0.803. The maximum absolute atomic E-state index is 13.5. The quantitative estimate of drug-likeness (QED) is 0.138. The molecule has 9 nitrogen and oxygen atoms in total. The van der Waals surface area contributed by atoms with Gasteiger partial charge in [-0.3, -0.25) is 19.2 Å². The van der Waals surface area contributed by atoms with Crippen LogP contribution in [0.3, 0.4) is 0 Å². The van der Waals surface area contributed by atoms with Crippen LogP contribution >= 0.6 is 11.8 Å². The van der Waals surface area contributed by atoms with Gasteiger partial charge >= 0.3 is 0 Å². The predicted molar refractivity (Wildman–Crippen MR) is 169 cm³/mol. The second kappa shape index (κ2) is 20.4. The Labute approximate surface area is 251 Å². The minimum absolute atomic E-state index is 0.0452. The second-order valence-electron chi connectivity index (χ2n) is 11.3. The molecule has 232 valence electrons. The third-order valence-electron chi connectivity index (χ3n) is 6.81. The zero-order chi connectivity index (χ0) is 30.8. The number of likely N-dealkylation sites (N-methyl/N-ethyl adjacent to an activating group) is 1. The van der Waals surface area contributed by atoms with Crippen molar-refractivity contribution in [2.24, 2.45) is 17.6 Å². The van der Waals surface area contributed by atoms with E-state index >= 15 is 0 Å². The molecule has 41 heavy (non-hydrogen) atoms. The van der Waals surface area contributed by atoms with Crippen molar-refractivity contribution < 1.29 is 19.2 Å². The summed E-state index contributed by atoms with van der Waals surface area (Å²) in [5.74, 6) is 0.0615. The molecule has 3 amide bonds. The van der Waals surface area contributed by atoms with Crippen LogP contribution in [0.1, 0.15) is 72.3 Å². The lowest BCUT2D eigenvalue weighted by Gasteiger charge is -2.26. The summed E-state index contributed by atoms with van der Waals surface area (Å²) in [5, 5.41) is 12.0. The van der Waals surface area contributed by atoms with Crippen molar-refractivity contribution in [2.75, 3.05) is 25.1 Å². The van der Waals surface area contributed by atoms with Crippen LogP contribution in [0.4, 0.5) is 0 Å². The largest absolute Gasteiger partial charge is 0.354 e. The van der Waals surface area contributed by atoms with Gasteiger partial charge in [-0.2, -0.15) is 11.8 Å². The molecule has 0 bridgehead atoms. The molecule has 0 heterocycles. The molecular weight excluding hydrogens is 538 g/mol. The molecule has 4 atom stereocenters. The topological polar surface area (TPSA) is 142 Å². The lowest BCUT2D eigenvalue weighted by Crippen LogP contribution is -2.57. The molecule has 10 heteroatoms. The van der Waals surface area contributed by atoms with Gasteiger partial charge in [-0.05, 0) is 62.1 Å². The Morgan fingerprint density at radius 3 is 2.07 bits per heavy atom. The zero-order valence-corrected chi connectivity index (χ0v) is 26.6. The summed E-state index contributed by atoms with van der Waals surface area (Å²) in [6, 6.07) is 7.08. The van der Waals surface area contributed by atoms with E-state index in [0.29, 0.717) is 51.6 Å². The molecule has 0 aliphatic rings. The maximum Gasteiger partial charge on any atom is 0.243 e.